The predicted molar refractivity (Wildman–Crippen MR) is 101 cm³/mol. The topological polar surface area (TPSA) is 64.3 Å². The molecule has 0 bridgehead atoms. The van der Waals surface area contributed by atoms with Crippen LogP contribution in [-0.4, -0.2) is 40.8 Å². The Morgan fingerprint density at radius 1 is 1.32 bits per heavy atom. The van der Waals surface area contributed by atoms with E-state index in [1.54, 1.807) is 11.8 Å². The molecule has 1 fully saturated rings. The van der Waals surface area contributed by atoms with Crippen molar-refractivity contribution in [1.29, 1.82) is 0 Å². The van der Waals surface area contributed by atoms with Gasteiger partial charge in [0.05, 0.1) is 12.3 Å². The standard InChI is InChI=1S/C19H24N4OS/c1-25-16-4-2-3-14(11-16)13-23-8-6-19(7-9-23)17-15(5-10-24-19)12-21-18(20)22-17/h2-4,11-12H,5-10,13H2,1H3,(H2,20,21,22). The van der Waals surface area contributed by atoms with E-state index < -0.39 is 0 Å². The molecule has 2 aliphatic rings. The number of hydrogen-bond donors (Lipinski definition) is 1. The van der Waals surface area contributed by atoms with Gasteiger partial charge in [0.25, 0.3) is 0 Å². The summed E-state index contributed by atoms with van der Waals surface area (Å²) >= 11 is 1.79. The van der Waals surface area contributed by atoms with Gasteiger partial charge in [-0.3, -0.25) is 4.90 Å². The number of anilines is 1. The van der Waals surface area contributed by atoms with Crippen LogP contribution >= 0.6 is 11.8 Å². The fraction of sp³-hybridized carbons (Fsp3) is 0.474. The summed E-state index contributed by atoms with van der Waals surface area (Å²) < 4.78 is 6.25. The van der Waals surface area contributed by atoms with Gasteiger partial charge in [0, 0.05) is 30.7 Å². The lowest BCUT2D eigenvalue weighted by Crippen LogP contribution is -2.47. The van der Waals surface area contributed by atoms with Crippen molar-refractivity contribution in [3.05, 3.63) is 47.3 Å². The minimum absolute atomic E-state index is 0.276. The van der Waals surface area contributed by atoms with Crippen LogP contribution in [0.2, 0.25) is 0 Å². The Hall–Kier alpha value is -1.63. The minimum atomic E-state index is -0.276. The molecule has 3 heterocycles. The lowest BCUT2D eigenvalue weighted by atomic mass is 9.83. The Bertz CT molecular complexity index is 759. The molecular formula is C19H24N4OS. The van der Waals surface area contributed by atoms with E-state index in [1.165, 1.54) is 16.0 Å². The zero-order chi connectivity index (χ0) is 17.3. The Morgan fingerprint density at radius 2 is 2.16 bits per heavy atom. The second-order valence-electron chi connectivity index (χ2n) is 6.82. The number of nitrogen functional groups attached to an aromatic ring is 1. The molecule has 132 valence electrons. The maximum absolute atomic E-state index is 6.25. The third-order valence-corrected chi connectivity index (χ3v) is 5.99. The number of ether oxygens (including phenoxy) is 1. The average molecular weight is 356 g/mol. The van der Waals surface area contributed by atoms with Crippen molar-refractivity contribution in [2.24, 2.45) is 0 Å². The molecule has 1 aromatic heterocycles. The zero-order valence-electron chi connectivity index (χ0n) is 14.6. The van der Waals surface area contributed by atoms with Crippen LogP contribution in [0.25, 0.3) is 0 Å². The molecule has 0 radical (unpaired) electrons. The van der Waals surface area contributed by atoms with Crippen molar-refractivity contribution < 1.29 is 4.74 Å². The summed E-state index contributed by atoms with van der Waals surface area (Å²) in [5.41, 5.74) is 9.16. The van der Waals surface area contributed by atoms with E-state index in [-0.39, 0.29) is 5.60 Å². The van der Waals surface area contributed by atoms with Crippen molar-refractivity contribution in [2.75, 3.05) is 31.7 Å². The summed E-state index contributed by atoms with van der Waals surface area (Å²) in [6.45, 7) is 3.75. The molecule has 0 saturated carbocycles. The van der Waals surface area contributed by atoms with E-state index in [1.807, 2.05) is 6.20 Å². The summed E-state index contributed by atoms with van der Waals surface area (Å²) in [5, 5.41) is 0. The van der Waals surface area contributed by atoms with E-state index in [0.29, 0.717) is 5.95 Å². The first-order valence-electron chi connectivity index (χ1n) is 8.80. The summed E-state index contributed by atoms with van der Waals surface area (Å²) in [4.78, 5) is 12.5. The third-order valence-electron chi connectivity index (χ3n) is 5.27. The number of aromatic nitrogens is 2. The van der Waals surface area contributed by atoms with Crippen LogP contribution in [0.15, 0.2) is 35.4 Å². The van der Waals surface area contributed by atoms with Crippen LogP contribution in [0, 0.1) is 0 Å². The van der Waals surface area contributed by atoms with Crippen molar-refractivity contribution >= 4 is 17.7 Å². The van der Waals surface area contributed by atoms with E-state index in [0.717, 1.165) is 51.2 Å². The monoisotopic (exact) mass is 356 g/mol. The molecule has 0 aliphatic carbocycles. The molecule has 25 heavy (non-hydrogen) atoms. The van der Waals surface area contributed by atoms with E-state index >= 15 is 0 Å². The lowest BCUT2D eigenvalue weighted by Gasteiger charge is -2.44. The summed E-state index contributed by atoms with van der Waals surface area (Å²) in [6.07, 6.45) is 6.79. The van der Waals surface area contributed by atoms with Gasteiger partial charge in [-0.05, 0) is 48.8 Å². The fourth-order valence-electron chi connectivity index (χ4n) is 3.91. The maximum Gasteiger partial charge on any atom is 0.220 e. The Kier molecular flexibility index (Phi) is 4.67. The molecule has 1 aromatic carbocycles. The zero-order valence-corrected chi connectivity index (χ0v) is 15.4. The fourth-order valence-corrected chi connectivity index (χ4v) is 4.39. The summed E-state index contributed by atoms with van der Waals surface area (Å²) in [7, 11) is 0. The SMILES string of the molecule is CSc1cccc(CN2CCC3(CC2)OCCc2cnc(N)nc23)c1. The van der Waals surface area contributed by atoms with Gasteiger partial charge in [-0.15, -0.1) is 11.8 Å². The molecule has 5 nitrogen and oxygen atoms in total. The molecule has 0 atom stereocenters. The quantitative estimate of drug-likeness (QED) is 0.853. The van der Waals surface area contributed by atoms with Crippen molar-refractivity contribution in [2.45, 2.75) is 36.3 Å². The Labute approximate surface area is 153 Å². The van der Waals surface area contributed by atoms with E-state index in [2.05, 4.69) is 45.4 Å². The van der Waals surface area contributed by atoms with Crippen LogP contribution in [0.4, 0.5) is 5.95 Å². The van der Waals surface area contributed by atoms with Crippen LogP contribution in [-0.2, 0) is 23.3 Å². The van der Waals surface area contributed by atoms with Gasteiger partial charge in [-0.25, -0.2) is 9.97 Å². The van der Waals surface area contributed by atoms with Gasteiger partial charge < -0.3 is 10.5 Å². The first kappa shape index (κ1) is 16.8. The molecular weight excluding hydrogens is 332 g/mol. The van der Waals surface area contributed by atoms with Crippen molar-refractivity contribution in [3.8, 4) is 0 Å². The molecule has 1 saturated heterocycles. The van der Waals surface area contributed by atoms with E-state index in [9.17, 15) is 0 Å². The molecule has 2 N–H and O–H groups in total. The van der Waals surface area contributed by atoms with Crippen LogP contribution in [0.3, 0.4) is 0 Å². The maximum atomic E-state index is 6.25. The highest BCUT2D eigenvalue weighted by Gasteiger charge is 2.42. The van der Waals surface area contributed by atoms with Gasteiger partial charge in [-0.1, -0.05) is 12.1 Å². The number of rotatable bonds is 3. The van der Waals surface area contributed by atoms with Crippen LogP contribution < -0.4 is 5.73 Å². The van der Waals surface area contributed by atoms with Gasteiger partial charge >= 0.3 is 0 Å². The third kappa shape index (κ3) is 3.38. The molecule has 4 rings (SSSR count). The number of nitrogens with two attached hydrogens (primary N) is 1. The van der Waals surface area contributed by atoms with E-state index in [4.69, 9.17) is 10.5 Å². The Balaban J connectivity index is 1.48. The van der Waals surface area contributed by atoms with Crippen molar-refractivity contribution in [3.63, 3.8) is 0 Å². The minimum Gasteiger partial charge on any atom is -0.368 e. The van der Waals surface area contributed by atoms with Crippen LogP contribution in [0.5, 0.6) is 0 Å². The smallest absolute Gasteiger partial charge is 0.220 e. The number of fused-ring (bicyclic) bond motifs is 2. The highest BCUT2D eigenvalue weighted by atomic mass is 32.2. The van der Waals surface area contributed by atoms with Gasteiger partial charge in [0.15, 0.2) is 0 Å². The summed E-state index contributed by atoms with van der Waals surface area (Å²) in [6, 6.07) is 8.81. The summed E-state index contributed by atoms with van der Waals surface area (Å²) in [5.74, 6) is 0.347. The normalized spacial score (nSPS) is 19.7. The van der Waals surface area contributed by atoms with Gasteiger partial charge in [0.1, 0.15) is 5.60 Å². The number of piperidine rings is 1. The Morgan fingerprint density at radius 3 is 2.96 bits per heavy atom. The first-order chi connectivity index (χ1) is 12.2. The lowest BCUT2D eigenvalue weighted by molar-refractivity contribution is -0.102. The molecule has 2 aromatic rings. The van der Waals surface area contributed by atoms with Gasteiger partial charge in [-0.2, -0.15) is 0 Å². The second-order valence-corrected chi connectivity index (χ2v) is 7.70. The number of likely N-dealkylation sites (tertiary alicyclic amines) is 1. The van der Waals surface area contributed by atoms with Crippen LogP contribution in [0.1, 0.15) is 29.7 Å². The molecule has 6 heteroatoms. The highest BCUT2D eigenvalue weighted by Crippen LogP contribution is 2.40. The first-order valence-corrected chi connectivity index (χ1v) is 10.0. The number of hydrogen-bond acceptors (Lipinski definition) is 6. The highest BCUT2D eigenvalue weighted by molar-refractivity contribution is 7.98. The molecule has 0 unspecified atom stereocenters. The number of nitrogens with zero attached hydrogens (tertiary/aromatic N) is 3. The largest absolute Gasteiger partial charge is 0.368 e. The second kappa shape index (κ2) is 6.94. The van der Waals surface area contributed by atoms with Gasteiger partial charge in [0.2, 0.25) is 5.95 Å². The average Bonchev–Trinajstić information content (AvgIpc) is 2.65. The number of thioether (sulfide) groups is 1. The predicted octanol–water partition coefficient (Wildman–Crippen LogP) is 2.84. The molecule has 2 aliphatic heterocycles. The van der Waals surface area contributed by atoms with Crippen molar-refractivity contribution in [1.82, 2.24) is 14.9 Å². The molecule has 0 amide bonds. The molecule has 1 spiro atoms. The number of benzene rings is 1.